The van der Waals surface area contributed by atoms with Crippen molar-refractivity contribution in [2.24, 2.45) is 0 Å². The van der Waals surface area contributed by atoms with Crippen LogP contribution in [0, 0.1) is 0 Å². The van der Waals surface area contributed by atoms with Gasteiger partial charge in [0.25, 0.3) is 0 Å². The smallest absolute Gasteiger partial charge is 0.325 e. The van der Waals surface area contributed by atoms with Crippen LogP contribution in [0.4, 0.5) is 5.69 Å². The minimum absolute atomic E-state index is 0.0709. The fraction of sp³-hybridized carbons (Fsp3) is 0.545. The number of nitrogens with one attached hydrogen (secondary N) is 2. The molecule has 1 saturated carbocycles. The van der Waals surface area contributed by atoms with Crippen molar-refractivity contribution in [2.75, 3.05) is 5.32 Å². The zero-order valence-electron chi connectivity index (χ0n) is 10.1. The van der Waals surface area contributed by atoms with Crippen LogP contribution in [-0.2, 0) is 16.1 Å². The Bertz CT molecular complexity index is 453. The molecule has 0 aromatic carbocycles. The topological polar surface area (TPSA) is 96.3 Å². The van der Waals surface area contributed by atoms with Gasteiger partial charge in [0.2, 0.25) is 5.91 Å². The predicted octanol–water partition coefficient (Wildman–Crippen LogP) is 0.0467. The van der Waals surface area contributed by atoms with Gasteiger partial charge in [-0.25, -0.2) is 0 Å². The lowest BCUT2D eigenvalue weighted by molar-refractivity contribution is -0.137. The Morgan fingerprint density at radius 2 is 2.33 bits per heavy atom. The average molecular weight is 252 g/mol. The zero-order valence-corrected chi connectivity index (χ0v) is 10.1. The molecule has 1 aliphatic rings. The summed E-state index contributed by atoms with van der Waals surface area (Å²) in [5.41, 5.74) is 0.587. The Hall–Kier alpha value is -2.05. The fourth-order valence-electron chi connectivity index (χ4n) is 1.48. The molecule has 1 amide bonds. The second-order valence-corrected chi connectivity index (χ2v) is 4.47. The van der Waals surface area contributed by atoms with Gasteiger partial charge in [-0.2, -0.15) is 5.10 Å². The summed E-state index contributed by atoms with van der Waals surface area (Å²) in [5, 5.41) is 18.4. The number of hydrogen-bond donors (Lipinski definition) is 3. The lowest BCUT2D eigenvalue weighted by atomic mass is 10.3. The van der Waals surface area contributed by atoms with Crippen molar-refractivity contribution in [3.8, 4) is 0 Å². The van der Waals surface area contributed by atoms with E-state index < -0.39 is 12.0 Å². The summed E-state index contributed by atoms with van der Waals surface area (Å²) >= 11 is 0. The molecular formula is C11H16N4O3. The van der Waals surface area contributed by atoms with Crippen LogP contribution >= 0.6 is 0 Å². The summed E-state index contributed by atoms with van der Waals surface area (Å²) in [5.74, 6) is -1.01. The summed E-state index contributed by atoms with van der Waals surface area (Å²) in [6, 6.07) is -0.361. The number of carbonyl (C=O) groups excluding carboxylic acids is 1. The van der Waals surface area contributed by atoms with Crippen molar-refractivity contribution in [1.82, 2.24) is 15.1 Å². The van der Waals surface area contributed by atoms with E-state index in [0.29, 0.717) is 11.7 Å². The van der Waals surface area contributed by atoms with Crippen LogP contribution in [0.3, 0.4) is 0 Å². The minimum Gasteiger partial charge on any atom is -0.480 e. The van der Waals surface area contributed by atoms with E-state index >= 15 is 0 Å². The van der Waals surface area contributed by atoms with Crippen molar-refractivity contribution in [3.63, 3.8) is 0 Å². The third-order valence-corrected chi connectivity index (χ3v) is 2.63. The molecule has 1 atom stereocenters. The molecule has 0 bridgehead atoms. The third-order valence-electron chi connectivity index (χ3n) is 2.63. The lowest BCUT2D eigenvalue weighted by Gasteiger charge is -2.07. The number of amides is 1. The number of aromatic nitrogens is 2. The number of nitrogens with zero attached hydrogens (tertiary/aromatic N) is 2. The molecule has 0 aliphatic heterocycles. The largest absolute Gasteiger partial charge is 0.480 e. The van der Waals surface area contributed by atoms with E-state index in [0.717, 1.165) is 12.8 Å². The summed E-state index contributed by atoms with van der Waals surface area (Å²) in [4.78, 5) is 22.2. The van der Waals surface area contributed by atoms with Crippen LogP contribution in [0.1, 0.15) is 19.8 Å². The van der Waals surface area contributed by atoms with E-state index in [1.807, 2.05) is 0 Å². The number of anilines is 1. The summed E-state index contributed by atoms with van der Waals surface area (Å²) in [7, 11) is 0. The molecule has 18 heavy (non-hydrogen) atoms. The Morgan fingerprint density at radius 3 is 2.94 bits per heavy atom. The molecular weight excluding hydrogens is 236 g/mol. The van der Waals surface area contributed by atoms with Gasteiger partial charge < -0.3 is 15.7 Å². The van der Waals surface area contributed by atoms with Gasteiger partial charge in [-0.15, -0.1) is 0 Å². The second-order valence-electron chi connectivity index (χ2n) is 4.47. The molecule has 0 radical (unpaired) electrons. The third kappa shape index (κ3) is 3.47. The van der Waals surface area contributed by atoms with Gasteiger partial charge in [-0.05, 0) is 19.8 Å². The molecule has 1 fully saturated rings. The standard InChI is InChI=1S/C11H16N4O3/c1-7(11(17)18)13-9-4-12-15(5-9)6-10(16)14-8-2-3-8/h4-5,7-8,13H,2-3,6H2,1H3,(H,14,16)(H,17,18). The molecule has 98 valence electrons. The van der Waals surface area contributed by atoms with Crippen LogP contribution in [-0.4, -0.2) is 38.8 Å². The molecule has 1 aliphatic carbocycles. The highest BCUT2D eigenvalue weighted by atomic mass is 16.4. The first-order valence-corrected chi connectivity index (χ1v) is 5.86. The van der Waals surface area contributed by atoms with Crippen LogP contribution < -0.4 is 10.6 Å². The molecule has 1 unspecified atom stereocenters. The highest BCUT2D eigenvalue weighted by Crippen LogP contribution is 2.18. The maximum atomic E-state index is 11.5. The van der Waals surface area contributed by atoms with Crippen LogP contribution in [0.2, 0.25) is 0 Å². The Labute approximate surface area is 104 Å². The van der Waals surface area contributed by atoms with Gasteiger partial charge in [0.05, 0.1) is 11.9 Å². The number of carboxylic acids is 1. The van der Waals surface area contributed by atoms with Crippen LogP contribution in [0.15, 0.2) is 12.4 Å². The highest BCUT2D eigenvalue weighted by molar-refractivity contribution is 5.77. The molecule has 7 nitrogen and oxygen atoms in total. The predicted molar refractivity (Wildman–Crippen MR) is 64.1 cm³/mol. The maximum Gasteiger partial charge on any atom is 0.325 e. The molecule has 1 heterocycles. The summed E-state index contributed by atoms with van der Waals surface area (Å²) in [6.07, 6.45) is 5.22. The Balaban J connectivity index is 1.84. The first kappa shape index (κ1) is 12.4. The van der Waals surface area contributed by atoms with Gasteiger partial charge in [-0.1, -0.05) is 0 Å². The van der Waals surface area contributed by atoms with E-state index in [-0.39, 0.29) is 12.5 Å². The van der Waals surface area contributed by atoms with Crippen LogP contribution in [0.5, 0.6) is 0 Å². The first-order valence-electron chi connectivity index (χ1n) is 5.86. The minimum atomic E-state index is -0.936. The normalized spacial score (nSPS) is 16.1. The van der Waals surface area contributed by atoms with Gasteiger partial charge in [-0.3, -0.25) is 14.3 Å². The Morgan fingerprint density at radius 1 is 1.61 bits per heavy atom. The zero-order chi connectivity index (χ0) is 13.1. The number of carbonyl (C=O) groups is 2. The molecule has 7 heteroatoms. The van der Waals surface area contributed by atoms with E-state index in [1.54, 1.807) is 13.1 Å². The highest BCUT2D eigenvalue weighted by Gasteiger charge is 2.23. The van der Waals surface area contributed by atoms with Gasteiger partial charge in [0.15, 0.2) is 0 Å². The number of aliphatic carboxylic acids is 1. The molecule has 0 saturated heterocycles. The SMILES string of the molecule is CC(Nc1cnn(CC(=O)NC2CC2)c1)C(=O)O. The number of carboxylic acid groups (broad SMARTS) is 1. The van der Waals surface area contributed by atoms with E-state index in [9.17, 15) is 9.59 Å². The molecule has 1 aromatic rings. The lowest BCUT2D eigenvalue weighted by Crippen LogP contribution is -2.29. The van der Waals surface area contributed by atoms with E-state index in [4.69, 9.17) is 5.11 Å². The van der Waals surface area contributed by atoms with Crippen LogP contribution in [0.25, 0.3) is 0 Å². The fourth-order valence-corrected chi connectivity index (χ4v) is 1.48. The van der Waals surface area contributed by atoms with Gasteiger partial charge in [0.1, 0.15) is 12.6 Å². The first-order chi connectivity index (χ1) is 8.54. The van der Waals surface area contributed by atoms with E-state index in [2.05, 4.69) is 15.7 Å². The van der Waals surface area contributed by atoms with Crippen molar-refractivity contribution >= 4 is 17.6 Å². The number of rotatable bonds is 6. The van der Waals surface area contributed by atoms with Gasteiger partial charge >= 0.3 is 5.97 Å². The van der Waals surface area contributed by atoms with Crippen molar-refractivity contribution < 1.29 is 14.7 Å². The molecule has 0 spiro atoms. The quantitative estimate of drug-likeness (QED) is 0.664. The Kier molecular flexibility index (Phi) is 3.50. The maximum absolute atomic E-state index is 11.5. The average Bonchev–Trinajstić information content (AvgIpc) is 2.99. The second kappa shape index (κ2) is 5.07. The van der Waals surface area contributed by atoms with Crippen molar-refractivity contribution in [2.45, 2.75) is 38.4 Å². The molecule has 3 N–H and O–H groups in total. The van der Waals surface area contributed by atoms with E-state index in [1.165, 1.54) is 10.9 Å². The molecule has 1 aromatic heterocycles. The monoisotopic (exact) mass is 252 g/mol. The number of hydrogen-bond acceptors (Lipinski definition) is 4. The molecule has 2 rings (SSSR count). The van der Waals surface area contributed by atoms with Crippen molar-refractivity contribution in [3.05, 3.63) is 12.4 Å². The summed E-state index contributed by atoms with van der Waals surface area (Å²) in [6.45, 7) is 1.69. The van der Waals surface area contributed by atoms with Crippen molar-refractivity contribution in [1.29, 1.82) is 0 Å². The van der Waals surface area contributed by atoms with Gasteiger partial charge in [0, 0.05) is 12.2 Å². The summed E-state index contributed by atoms with van der Waals surface area (Å²) < 4.78 is 1.48.